The van der Waals surface area contributed by atoms with E-state index in [2.05, 4.69) is 15.9 Å². The average molecular weight is 405 g/mol. The molecule has 0 spiro atoms. The summed E-state index contributed by atoms with van der Waals surface area (Å²) in [6, 6.07) is 1.17. The highest BCUT2D eigenvalue weighted by Crippen LogP contribution is 2.33. The molecule has 0 saturated carbocycles. The number of hydrogen-bond acceptors (Lipinski definition) is 5. The molecule has 0 bridgehead atoms. The smallest absolute Gasteiger partial charge is 0.345 e. The zero-order chi connectivity index (χ0) is 18.2. The Hall–Kier alpha value is -1.96. The number of rotatable bonds is 3. The summed E-state index contributed by atoms with van der Waals surface area (Å²) >= 11 is 2.89. The normalized spacial score (nSPS) is 19.1. The first-order chi connectivity index (χ1) is 11.1. The van der Waals surface area contributed by atoms with Gasteiger partial charge in [-0.05, 0) is 41.4 Å². The summed E-state index contributed by atoms with van der Waals surface area (Å²) in [4.78, 5) is 24.0. The highest BCUT2D eigenvalue weighted by molar-refractivity contribution is 9.10. The molecule has 5 nitrogen and oxygen atoms in total. The Balaban J connectivity index is 2.43. The fourth-order valence-corrected chi connectivity index (χ4v) is 2.81. The van der Waals surface area contributed by atoms with Crippen molar-refractivity contribution in [1.82, 2.24) is 0 Å². The van der Waals surface area contributed by atoms with E-state index in [4.69, 9.17) is 9.47 Å². The molecule has 1 aromatic carbocycles. The van der Waals surface area contributed by atoms with Gasteiger partial charge in [0.15, 0.2) is 17.3 Å². The van der Waals surface area contributed by atoms with E-state index in [1.165, 1.54) is 6.07 Å². The maximum Gasteiger partial charge on any atom is 0.345 e. The van der Waals surface area contributed by atoms with E-state index in [0.717, 1.165) is 7.11 Å². The van der Waals surface area contributed by atoms with Crippen LogP contribution in [0.2, 0.25) is 0 Å². The van der Waals surface area contributed by atoms with E-state index in [-0.39, 0.29) is 28.6 Å². The number of halogens is 3. The Kier molecular flexibility index (Phi) is 4.98. The highest BCUT2D eigenvalue weighted by atomic mass is 79.9. The number of aliphatic hydroxyl groups is 1. The van der Waals surface area contributed by atoms with Gasteiger partial charge in [-0.3, -0.25) is 4.79 Å². The second-order valence-electron chi connectivity index (χ2n) is 5.93. The SMILES string of the molecule is COc1cc(C/C(O)=C2\C(=O)CC(C)(C)OC2=O)c(Br)c(F)c1F. The fraction of sp³-hybridized carbons (Fsp3) is 0.375. The van der Waals surface area contributed by atoms with E-state index in [0.29, 0.717) is 0 Å². The monoisotopic (exact) mass is 404 g/mol. The maximum absolute atomic E-state index is 13.8. The number of methoxy groups -OCH3 is 1. The van der Waals surface area contributed by atoms with Crippen LogP contribution >= 0.6 is 15.9 Å². The van der Waals surface area contributed by atoms with Crippen LogP contribution in [0.5, 0.6) is 5.75 Å². The molecule has 24 heavy (non-hydrogen) atoms. The zero-order valence-corrected chi connectivity index (χ0v) is 14.8. The number of aliphatic hydroxyl groups excluding tert-OH is 1. The van der Waals surface area contributed by atoms with Crippen molar-refractivity contribution in [3.8, 4) is 5.75 Å². The Morgan fingerprint density at radius 1 is 1.38 bits per heavy atom. The molecular formula is C16H15BrF2O5. The van der Waals surface area contributed by atoms with Crippen molar-refractivity contribution in [2.75, 3.05) is 7.11 Å². The van der Waals surface area contributed by atoms with Gasteiger partial charge >= 0.3 is 5.97 Å². The molecule has 0 atom stereocenters. The van der Waals surface area contributed by atoms with Crippen LogP contribution < -0.4 is 4.74 Å². The van der Waals surface area contributed by atoms with Crippen LogP contribution in [0, 0.1) is 11.6 Å². The molecule has 1 aliphatic heterocycles. The lowest BCUT2D eigenvalue weighted by atomic mass is 9.92. The number of carbonyl (C=O) groups excluding carboxylic acids is 2. The molecule has 1 saturated heterocycles. The molecule has 1 N–H and O–H groups in total. The molecule has 1 aliphatic rings. The van der Waals surface area contributed by atoms with Crippen molar-refractivity contribution in [3.05, 3.63) is 39.1 Å². The lowest BCUT2D eigenvalue weighted by Gasteiger charge is -2.29. The topological polar surface area (TPSA) is 72.8 Å². The number of ether oxygens (including phenoxy) is 2. The van der Waals surface area contributed by atoms with Crippen LogP contribution in [0.4, 0.5) is 8.78 Å². The standard InChI is InChI=1S/C16H15BrF2O5/c1-16(2)6-9(21)11(15(22)24-16)8(20)4-7-5-10(23-3)13(18)14(19)12(7)17/h5,20H,4,6H2,1-3H3/b11-8-. The van der Waals surface area contributed by atoms with Crippen LogP contribution in [0.25, 0.3) is 0 Å². The zero-order valence-electron chi connectivity index (χ0n) is 13.2. The van der Waals surface area contributed by atoms with Crippen molar-refractivity contribution in [2.24, 2.45) is 0 Å². The van der Waals surface area contributed by atoms with Crippen LogP contribution in [0.3, 0.4) is 0 Å². The molecule has 0 aliphatic carbocycles. The van der Waals surface area contributed by atoms with Gasteiger partial charge in [0.25, 0.3) is 0 Å². The van der Waals surface area contributed by atoms with Crippen LogP contribution in [0.15, 0.2) is 21.9 Å². The minimum absolute atomic E-state index is 0.0829. The van der Waals surface area contributed by atoms with Crippen molar-refractivity contribution in [2.45, 2.75) is 32.3 Å². The van der Waals surface area contributed by atoms with Gasteiger partial charge in [-0.25, -0.2) is 9.18 Å². The summed E-state index contributed by atoms with van der Waals surface area (Å²) in [6.07, 6.45) is -0.453. The van der Waals surface area contributed by atoms with E-state index >= 15 is 0 Å². The van der Waals surface area contributed by atoms with Crippen molar-refractivity contribution >= 4 is 27.7 Å². The number of ketones is 1. The summed E-state index contributed by atoms with van der Waals surface area (Å²) in [5.74, 6) is -4.83. The maximum atomic E-state index is 13.8. The van der Waals surface area contributed by atoms with Crippen LogP contribution in [0.1, 0.15) is 25.8 Å². The number of allylic oxidation sites excluding steroid dienone is 1. The van der Waals surface area contributed by atoms with Crippen molar-refractivity contribution in [3.63, 3.8) is 0 Å². The number of esters is 1. The average Bonchev–Trinajstić information content (AvgIpc) is 2.45. The number of benzene rings is 1. The van der Waals surface area contributed by atoms with Gasteiger partial charge < -0.3 is 14.6 Å². The van der Waals surface area contributed by atoms with E-state index in [1.54, 1.807) is 13.8 Å². The lowest BCUT2D eigenvalue weighted by Crippen LogP contribution is -2.39. The number of cyclic esters (lactones) is 1. The third-order valence-electron chi connectivity index (χ3n) is 3.49. The summed E-state index contributed by atoms with van der Waals surface area (Å²) in [6.45, 7) is 3.15. The predicted octanol–water partition coefficient (Wildman–Crippen LogP) is 3.39. The summed E-state index contributed by atoms with van der Waals surface area (Å²) in [7, 11) is 1.16. The summed E-state index contributed by atoms with van der Waals surface area (Å²) in [5, 5.41) is 10.2. The fourth-order valence-electron chi connectivity index (χ4n) is 2.38. The van der Waals surface area contributed by atoms with Gasteiger partial charge in [-0.2, -0.15) is 4.39 Å². The molecule has 0 radical (unpaired) electrons. The quantitative estimate of drug-likeness (QED) is 0.275. The molecule has 1 heterocycles. The van der Waals surface area contributed by atoms with Gasteiger partial charge in [-0.1, -0.05) is 0 Å². The van der Waals surface area contributed by atoms with E-state index < -0.39 is 40.3 Å². The van der Waals surface area contributed by atoms with Crippen LogP contribution in [-0.4, -0.2) is 29.6 Å². The first-order valence-electron chi connectivity index (χ1n) is 6.96. The van der Waals surface area contributed by atoms with E-state index in [9.17, 15) is 23.5 Å². The Morgan fingerprint density at radius 3 is 2.54 bits per heavy atom. The molecule has 2 rings (SSSR count). The Morgan fingerprint density at radius 2 is 2.00 bits per heavy atom. The minimum Gasteiger partial charge on any atom is -0.511 e. The third-order valence-corrected chi connectivity index (χ3v) is 4.35. The number of hydrogen-bond donors (Lipinski definition) is 1. The first-order valence-corrected chi connectivity index (χ1v) is 7.75. The predicted molar refractivity (Wildman–Crippen MR) is 83.8 cm³/mol. The van der Waals surface area contributed by atoms with Gasteiger partial charge in [0.2, 0.25) is 5.82 Å². The largest absolute Gasteiger partial charge is 0.511 e. The molecule has 0 unspecified atom stereocenters. The number of Topliss-reactive ketones (excluding diaryl/α,β-unsaturated/α-hetero) is 1. The van der Waals surface area contributed by atoms with E-state index in [1.807, 2.05) is 0 Å². The second kappa shape index (κ2) is 6.51. The van der Waals surface area contributed by atoms with Gasteiger partial charge in [0, 0.05) is 6.42 Å². The summed E-state index contributed by atoms with van der Waals surface area (Å²) in [5.41, 5.74) is -1.32. The van der Waals surface area contributed by atoms with Gasteiger partial charge in [0.1, 0.15) is 16.9 Å². The van der Waals surface area contributed by atoms with Crippen LogP contribution in [-0.2, 0) is 20.7 Å². The molecule has 0 amide bonds. The van der Waals surface area contributed by atoms with Gasteiger partial charge in [0.05, 0.1) is 18.0 Å². The molecule has 1 fully saturated rings. The molecular weight excluding hydrogens is 390 g/mol. The van der Waals surface area contributed by atoms with Crippen molar-refractivity contribution < 1.29 is 33.0 Å². The Labute approximate surface area is 145 Å². The lowest BCUT2D eigenvalue weighted by molar-refractivity contribution is -0.159. The van der Waals surface area contributed by atoms with Gasteiger partial charge in [-0.15, -0.1) is 0 Å². The third kappa shape index (κ3) is 3.43. The highest BCUT2D eigenvalue weighted by Gasteiger charge is 2.39. The Bertz CT molecular complexity index is 733. The molecule has 8 heteroatoms. The molecule has 1 aromatic rings. The molecule has 0 aromatic heterocycles. The van der Waals surface area contributed by atoms with Crippen molar-refractivity contribution in [1.29, 1.82) is 0 Å². The number of carbonyl (C=O) groups is 2. The minimum atomic E-state index is -1.19. The first kappa shape index (κ1) is 18.4. The summed E-state index contributed by atoms with van der Waals surface area (Å²) < 4.78 is 37.0. The molecule has 130 valence electrons. The second-order valence-corrected chi connectivity index (χ2v) is 6.72.